The fraction of sp³-hybridized carbons (Fsp3) is 0.316. The Kier molecular flexibility index (Phi) is 4.79. The third-order valence-corrected chi connectivity index (χ3v) is 4.49. The second-order valence-corrected chi connectivity index (χ2v) is 5.84. The van der Waals surface area contributed by atoms with Gasteiger partial charge in [-0.1, -0.05) is 6.07 Å². The number of benzene rings is 2. The quantitative estimate of drug-likeness (QED) is 0.854. The largest absolute Gasteiger partial charge is 0.504 e. The Morgan fingerprint density at radius 3 is 2.27 bits per heavy atom. The maximum Gasteiger partial charge on any atom is 0.225 e. The first-order valence-corrected chi connectivity index (χ1v) is 8.03. The van der Waals surface area contributed by atoms with Crippen LogP contribution in [0.2, 0.25) is 0 Å². The van der Waals surface area contributed by atoms with Crippen LogP contribution < -0.4 is 24.3 Å². The number of aromatic hydroxyl groups is 1. The molecule has 1 amide bonds. The van der Waals surface area contributed by atoms with Crippen LogP contribution in [0.4, 0.5) is 5.69 Å². The van der Waals surface area contributed by atoms with Crippen molar-refractivity contribution in [3.63, 3.8) is 0 Å². The molecular formula is C19H21NO6. The number of rotatable bonds is 5. The molecule has 0 aromatic heterocycles. The van der Waals surface area contributed by atoms with Crippen LogP contribution in [0.3, 0.4) is 0 Å². The van der Waals surface area contributed by atoms with Crippen molar-refractivity contribution < 1.29 is 28.8 Å². The maximum absolute atomic E-state index is 12.3. The minimum atomic E-state index is -0.289. The molecule has 2 aromatic carbocycles. The number of phenolic OH excluding ortho intramolecular Hbond substituents is 1. The molecule has 1 heterocycles. The Labute approximate surface area is 151 Å². The number of anilines is 1. The molecular weight excluding hydrogens is 338 g/mol. The molecule has 0 bridgehead atoms. The Balaban J connectivity index is 2.24. The van der Waals surface area contributed by atoms with E-state index in [4.69, 9.17) is 18.9 Å². The van der Waals surface area contributed by atoms with Crippen molar-refractivity contribution in [2.75, 3.05) is 33.8 Å². The number of amides is 1. The number of methoxy groups -OCH3 is 4. The second-order valence-electron chi connectivity index (χ2n) is 5.84. The zero-order chi connectivity index (χ0) is 18.8. The fourth-order valence-electron chi connectivity index (χ4n) is 3.31. The average molecular weight is 359 g/mol. The lowest BCUT2D eigenvalue weighted by atomic mass is 9.83. The van der Waals surface area contributed by atoms with Gasteiger partial charge in [0.1, 0.15) is 0 Å². The minimum Gasteiger partial charge on any atom is -0.504 e. The van der Waals surface area contributed by atoms with E-state index in [1.54, 1.807) is 31.4 Å². The van der Waals surface area contributed by atoms with Gasteiger partial charge in [0.25, 0.3) is 0 Å². The number of phenols is 1. The molecule has 0 saturated heterocycles. The third kappa shape index (κ3) is 2.85. The highest BCUT2D eigenvalue weighted by molar-refractivity contribution is 5.97. The van der Waals surface area contributed by atoms with Gasteiger partial charge in [0.15, 0.2) is 23.0 Å². The van der Waals surface area contributed by atoms with Crippen molar-refractivity contribution in [1.29, 1.82) is 0 Å². The van der Waals surface area contributed by atoms with E-state index in [0.29, 0.717) is 28.7 Å². The van der Waals surface area contributed by atoms with Gasteiger partial charge < -0.3 is 29.4 Å². The first kappa shape index (κ1) is 17.7. The molecule has 26 heavy (non-hydrogen) atoms. The van der Waals surface area contributed by atoms with E-state index in [1.165, 1.54) is 21.3 Å². The number of carbonyl (C=O) groups excluding carboxylic acids is 1. The van der Waals surface area contributed by atoms with E-state index >= 15 is 0 Å². The van der Waals surface area contributed by atoms with Gasteiger partial charge in [0, 0.05) is 24.0 Å². The van der Waals surface area contributed by atoms with Crippen LogP contribution in [0, 0.1) is 0 Å². The van der Waals surface area contributed by atoms with Gasteiger partial charge in [0.05, 0.1) is 34.1 Å². The summed E-state index contributed by atoms with van der Waals surface area (Å²) in [6.07, 6.45) is 0.229. The lowest BCUT2D eigenvalue weighted by Gasteiger charge is -2.29. The van der Waals surface area contributed by atoms with Crippen LogP contribution in [-0.2, 0) is 4.79 Å². The Morgan fingerprint density at radius 1 is 0.962 bits per heavy atom. The predicted molar refractivity (Wildman–Crippen MR) is 95.8 cm³/mol. The van der Waals surface area contributed by atoms with Gasteiger partial charge in [-0.05, 0) is 17.7 Å². The molecule has 0 spiro atoms. The molecule has 0 radical (unpaired) electrons. The van der Waals surface area contributed by atoms with E-state index in [2.05, 4.69) is 5.32 Å². The third-order valence-electron chi connectivity index (χ3n) is 4.49. The summed E-state index contributed by atoms with van der Waals surface area (Å²) in [6, 6.07) is 6.76. The number of nitrogens with one attached hydrogen (secondary N) is 1. The van der Waals surface area contributed by atoms with Gasteiger partial charge >= 0.3 is 0 Å². The zero-order valence-electron chi connectivity index (χ0n) is 15.1. The number of carbonyl (C=O) groups is 1. The Hall–Kier alpha value is -3.09. The number of hydrogen-bond donors (Lipinski definition) is 2. The maximum atomic E-state index is 12.3. The summed E-state index contributed by atoms with van der Waals surface area (Å²) in [4.78, 5) is 12.3. The molecule has 1 atom stereocenters. The van der Waals surface area contributed by atoms with E-state index in [9.17, 15) is 9.90 Å². The molecule has 7 nitrogen and oxygen atoms in total. The van der Waals surface area contributed by atoms with Gasteiger partial charge in [-0.15, -0.1) is 0 Å². The summed E-state index contributed by atoms with van der Waals surface area (Å²) in [5, 5.41) is 12.7. The highest BCUT2D eigenvalue weighted by Gasteiger charge is 2.33. The monoisotopic (exact) mass is 359 g/mol. The fourth-order valence-corrected chi connectivity index (χ4v) is 3.31. The van der Waals surface area contributed by atoms with Crippen LogP contribution in [0.15, 0.2) is 24.3 Å². The first-order chi connectivity index (χ1) is 12.5. The molecule has 0 fully saturated rings. The van der Waals surface area contributed by atoms with Crippen molar-refractivity contribution in [3.8, 4) is 28.7 Å². The summed E-state index contributed by atoms with van der Waals surface area (Å²) < 4.78 is 21.6. The lowest BCUT2D eigenvalue weighted by molar-refractivity contribution is -0.116. The molecule has 2 aromatic rings. The van der Waals surface area contributed by atoms with Gasteiger partial charge in [-0.3, -0.25) is 4.79 Å². The molecule has 2 N–H and O–H groups in total. The van der Waals surface area contributed by atoms with Gasteiger partial charge in [-0.25, -0.2) is 0 Å². The van der Waals surface area contributed by atoms with Gasteiger partial charge in [0.2, 0.25) is 11.7 Å². The van der Waals surface area contributed by atoms with Crippen molar-refractivity contribution in [2.24, 2.45) is 0 Å². The molecule has 3 rings (SSSR count). The summed E-state index contributed by atoms with van der Waals surface area (Å²) in [6.45, 7) is 0. The topological polar surface area (TPSA) is 86.3 Å². The smallest absolute Gasteiger partial charge is 0.225 e. The summed E-state index contributed by atoms with van der Waals surface area (Å²) in [5.74, 6) is 1.39. The zero-order valence-corrected chi connectivity index (χ0v) is 15.1. The van der Waals surface area contributed by atoms with E-state index < -0.39 is 0 Å². The second kappa shape index (κ2) is 7.03. The van der Waals surface area contributed by atoms with Crippen LogP contribution in [0.25, 0.3) is 0 Å². The summed E-state index contributed by atoms with van der Waals surface area (Å²) >= 11 is 0. The average Bonchev–Trinajstić information content (AvgIpc) is 2.65. The highest BCUT2D eigenvalue weighted by Crippen LogP contribution is 2.51. The number of hydrogen-bond acceptors (Lipinski definition) is 6. The van der Waals surface area contributed by atoms with Crippen LogP contribution >= 0.6 is 0 Å². The SMILES string of the molecule is COc1cc([C@@H]2CC(=O)Nc3cc(OC)c(OC)c(OC)c32)ccc1O. The minimum absolute atomic E-state index is 0.0380. The Morgan fingerprint density at radius 2 is 1.65 bits per heavy atom. The van der Waals surface area contributed by atoms with Crippen molar-refractivity contribution in [3.05, 3.63) is 35.4 Å². The molecule has 1 aliphatic heterocycles. The van der Waals surface area contributed by atoms with Crippen LogP contribution in [-0.4, -0.2) is 39.5 Å². The molecule has 7 heteroatoms. The molecule has 0 aliphatic carbocycles. The molecule has 0 unspecified atom stereocenters. The molecule has 138 valence electrons. The predicted octanol–water partition coefficient (Wildman–Crippen LogP) is 2.90. The lowest BCUT2D eigenvalue weighted by Crippen LogP contribution is -2.24. The highest BCUT2D eigenvalue weighted by atomic mass is 16.5. The van der Waals surface area contributed by atoms with Gasteiger partial charge in [-0.2, -0.15) is 0 Å². The molecule has 1 aliphatic rings. The summed E-state index contributed by atoms with van der Waals surface area (Å²) in [5.41, 5.74) is 2.21. The van der Waals surface area contributed by atoms with E-state index in [1.807, 2.05) is 0 Å². The summed E-state index contributed by atoms with van der Waals surface area (Å²) in [7, 11) is 6.08. The van der Waals surface area contributed by atoms with Crippen molar-refractivity contribution in [1.82, 2.24) is 0 Å². The first-order valence-electron chi connectivity index (χ1n) is 8.03. The number of ether oxygens (including phenoxy) is 4. The number of fused-ring (bicyclic) bond motifs is 1. The van der Waals surface area contributed by atoms with Crippen molar-refractivity contribution in [2.45, 2.75) is 12.3 Å². The molecule has 0 saturated carbocycles. The normalized spacial score (nSPS) is 15.7. The van der Waals surface area contributed by atoms with Crippen LogP contribution in [0.5, 0.6) is 28.7 Å². The van der Waals surface area contributed by atoms with Crippen molar-refractivity contribution >= 4 is 11.6 Å². The van der Waals surface area contributed by atoms with E-state index in [0.717, 1.165) is 11.1 Å². The standard InChI is InChI=1S/C19H21NO6/c1-23-14-7-10(5-6-13(14)21)11-8-16(22)20-12-9-15(24-2)18(25-3)19(26-4)17(11)12/h5-7,9,11,21H,8H2,1-4H3,(H,20,22)/t11-/m0/s1. The van der Waals surface area contributed by atoms with E-state index in [-0.39, 0.29) is 24.0 Å². The Bertz CT molecular complexity index is 848. The van der Waals surface area contributed by atoms with Crippen LogP contribution in [0.1, 0.15) is 23.5 Å².